The molecule has 1 aromatic carbocycles. The van der Waals surface area contributed by atoms with E-state index in [-0.39, 0.29) is 0 Å². The highest BCUT2D eigenvalue weighted by molar-refractivity contribution is 5.34. The molecule has 1 aliphatic carbocycles. The van der Waals surface area contributed by atoms with Crippen molar-refractivity contribution in [2.45, 2.75) is 51.0 Å². The standard InChI is InChI=1S/C18H28N2/c1-19-18(14-20-10-4-5-11-20)13-15-8-9-16-6-2-3-7-17(16)12-15/h8-9,12,18-19H,2-7,10-11,13-14H2,1H3. The van der Waals surface area contributed by atoms with Gasteiger partial charge in [-0.05, 0) is 81.8 Å². The molecule has 20 heavy (non-hydrogen) atoms. The van der Waals surface area contributed by atoms with E-state index in [0.29, 0.717) is 6.04 Å². The molecule has 1 aliphatic heterocycles. The van der Waals surface area contributed by atoms with Gasteiger partial charge in [0.25, 0.3) is 0 Å². The van der Waals surface area contributed by atoms with Crippen LogP contribution in [-0.2, 0) is 19.3 Å². The number of nitrogens with one attached hydrogen (secondary N) is 1. The molecule has 0 bridgehead atoms. The van der Waals surface area contributed by atoms with E-state index in [1.54, 1.807) is 11.1 Å². The average Bonchev–Trinajstić information content (AvgIpc) is 2.99. The largest absolute Gasteiger partial charge is 0.315 e. The van der Waals surface area contributed by atoms with Crippen LogP contribution in [0.25, 0.3) is 0 Å². The number of likely N-dealkylation sites (tertiary alicyclic amines) is 1. The molecule has 1 aromatic rings. The first kappa shape index (κ1) is 14.1. The van der Waals surface area contributed by atoms with Gasteiger partial charge in [0.05, 0.1) is 0 Å². The Kier molecular flexibility index (Phi) is 4.74. The Morgan fingerprint density at radius 3 is 2.55 bits per heavy atom. The number of aryl methyl sites for hydroxylation is 2. The maximum atomic E-state index is 3.52. The van der Waals surface area contributed by atoms with Crippen molar-refractivity contribution in [2.24, 2.45) is 0 Å². The molecule has 2 heteroatoms. The van der Waals surface area contributed by atoms with Crippen molar-refractivity contribution in [3.05, 3.63) is 34.9 Å². The van der Waals surface area contributed by atoms with Gasteiger partial charge in [-0.15, -0.1) is 0 Å². The predicted octanol–water partition coefficient (Wildman–Crippen LogP) is 2.79. The first-order valence-electron chi connectivity index (χ1n) is 8.35. The SMILES string of the molecule is CNC(Cc1ccc2c(c1)CCCC2)CN1CCCC1. The second-order valence-corrected chi connectivity index (χ2v) is 6.51. The molecule has 2 nitrogen and oxygen atoms in total. The summed E-state index contributed by atoms with van der Waals surface area (Å²) in [4.78, 5) is 2.61. The van der Waals surface area contributed by atoms with Crippen LogP contribution in [0, 0.1) is 0 Å². The van der Waals surface area contributed by atoms with E-state index in [1.807, 2.05) is 0 Å². The normalized spacial score (nSPS) is 20.9. The van der Waals surface area contributed by atoms with Crippen molar-refractivity contribution in [1.82, 2.24) is 10.2 Å². The summed E-state index contributed by atoms with van der Waals surface area (Å²) in [6, 6.07) is 7.81. The third kappa shape index (κ3) is 3.42. The Labute approximate surface area is 123 Å². The Morgan fingerprint density at radius 2 is 1.80 bits per heavy atom. The number of hydrogen-bond acceptors (Lipinski definition) is 2. The van der Waals surface area contributed by atoms with Gasteiger partial charge in [0.2, 0.25) is 0 Å². The lowest BCUT2D eigenvalue weighted by molar-refractivity contribution is 0.296. The minimum Gasteiger partial charge on any atom is -0.315 e. The van der Waals surface area contributed by atoms with Crippen LogP contribution in [-0.4, -0.2) is 37.6 Å². The molecule has 0 spiro atoms. The van der Waals surface area contributed by atoms with Crippen LogP contribution in [0.15, 0.2) is 18.2 Å². The van der Waals surface area contributed by atoms with Crippen molar-refractivity contribution >= 4 is 0 Å². The highest BCUT2D eigenvalue weighted by atomic mass is 15.2. The van der Waals surface area contributed by atoms with E-state index >= 15 is 0 Å². The fourth-order valence-electron chi connectivity index (χ4n) is 3.73. The van der Waals surface area contributed by atoms with Gasteiger partial charge in [-0.1, -0.05) is 18.2 Å². The third-order valence-corrected chi connectivity index (χ3v) is 4.98. The molecular formula is C18H28N2. The monoisotopic (exact) mass is 272 g/mol. The quantitative estimate of drug-likeness (QED) is 0.886. The number of likely N-dealkylation sites (N-methyl/N-ethyl adjacent to an activating group) is 1. The van der Waals surface area contributed by atoms with Crippen LogP contribution in [0.4, 0.5) is 0 Å². The van der Waals surface area contributed by atoms with E-state index in [0.717, 1.165) is 0 Å². The second-order valence-electron chi connectivity index (χ2n) is 6.51. The average molecular weight is 272 g/mol. The lowest BCUT2D eigenvalue weighted by Gasteiger charge is -2.24. The van der Waals surface area contributed by atoms with Crippen LogP contribution in [0.3, 0.4) is 0 Å². The van der Waals surface area contributed by atoms with E-state index in [1.165, 1.54) is 70.1 Å². The lowest BCUT2D eigenvalue weighted by atomic mass is 9.89. The summed E-state index contributed by atoms with van der Waals surface area (Å²) in [5.74, 6) is 0. The van der Waals surface area contributed by atoms with Crippen molar-refractivity contribution in [1.29, 1.82) is 0 Å². The predicted molar refractivity (Wildman–Crippen MR) is 85.3 cm³/mol. The molecule has 3 rings (SSSR count). The number of fused-ring (bicyclic) bond motifs is 1. The molecular weight excluding hydrogens is 244 g/mol. The zero-order valence-corrected chi connectivity index (χ0v) is 12.8. The van der Waals surface area contributed by atoms with Crippen LogP contribution in [0.5, 0.6) is 0 Å². The third-order valence-electron chi connectivity index (χ3n) is 4.98. The van der Waals surface area contributed by atoms with Crippen molar-refractivity contribution in [3.63, 3.8) is 0 Å². The molecule has 1 unspecified atom stereocenters. The van der Waals surface area contributed by atoms with Gasteiger partial charge in [-0.25, -0.2) is 0 Å². The van der Waals surface area contributed by atoms with Crippen LogP contribution >= 0.6 is 0 Å². The number of hydrogen-bond donors (Lipinski definition) is 1. The second kappa shape index (κ2) is 6.73. The summed E-state index contributed by atoms with van der Waals surface area (Å²) in [6.07, 6.45) is 9.27. The summed E-state index contributed by atoms with van der Waals surface area (Å²) < 4.78 is 0. The summed E-state index contributed by atoms with van der Waals surface area (Å²) in [5, 5.41) is 3.52. The Bertz CT molecular complexity index is 435. The zero-order valence-electron chi connectivity index (χ0n) is 12.8. The molecule has 1 fully saturated rings. The van der Waals surface area contributed by atoms with E-state index in [9.17, 15) is 0 Å². The maximum absolute atomic E-state index is 3.52. The first-order chi connectivity index (χ1) is 9.85. The van der Waals surface area contributed by atoms with E-state index in [2.05, 4.69) is 35.5 Å². The summed E-state index contributed by atoms with van der Waals surface area (Å²) >= 11 is 0. The molecule has 110 valence electrons. The maximum Gasteiger partial charge on any atom is 0.0232 e. The molecule has 2 aliphatic rings. The van der Waals surface area contributed by atoms with Gasteiger partial charge in [-0.2, -0.15) is 0 Å². The number of rotatable bonds is 5. The molecule has 0 saturated carbocycles. The van der Waals surface area contributed by atoms with Gasteiger partial charge in [0.1, 0.15) is 0 Å². The molecule has 1 atom stereocenters. The van der Waals surface area contributed by atoms with Crippen LogP contribution < -0.4 is 5.32 Å². The van der Waals surface area contributed by atoms with Crippen molar-refractivity contribution in [2.75, 3.05) is 26.7 Å². The summed E-state index contributed by atoms with van der Waals surface area (Å²) in [5.41, 5.74) is 4.73. The molecule has 1 heterocycles. The fourth-order valence-corrected chi connectivity index (χ4v) is 3.73. The van der Waals surface area contributed by atoms with E-state index < -0.39 is 0 Å². The number of nitrogens with zero attached hydrogens (tertiary/aromatic N) is 1. The van der Waals surface area contributed by atoms with Gasteiger partial charge >= 0.3 is 0 Å². The Balaban J connectivity index is 1.62. The van der Waals surface area contributed by atoms with E-state index in [4.69, 9.17) is 0 Å². The van der Waals surface area contributed by atoms with Crippen molar-refractivity contribution in [3.8, 4) is 0 Å². The first-order valence-corrected chi connectivity index (χ1v) is 8.35. The number of benzene rings is 1. The minimum atomic E-state index is 0.592. The zero-order chi connectivity index (χ0) is 13.8. The van der Waals surface area contributed by atoms with Crippen LogP contribution in [0.2, 0.25) is 0 Å². The van der Waals surface area contributed by atoms with Crippen molar-refractivity contribution < 1.29 is 0 Å². The smallest absolute Gasteiger partial charge is 0.0232 e. The lowest BCUT2D eigenvalue weighted by Crippen LogP contribution is -2.39. The molecule has 1 saturated heterocycles. The minimum absolute atomic E-state index is 0.592. The molecule has 1 N–H and O–H groups in total. The Hall–Kier alpha value is -0.860. The van der Waals surface area contributed by atoms with Gasteiger partial charge in [-0.3, -0.25) is 0 Å². The Morgan fingerprint density at radius 1 is 1.05 bits per heavy atom. The topological polar surface area (TPSA) is 15.3 Å². The highest BCUT2D eigenvalue weighted by Gasteiger charge is 2.17. The summed E-state index contributed by atoms with van der Waals surface area (Å²) in [6.45, 7) is 3.79. The van der Waals surface area contributed by atoms with Gasteiger partial charge in [0.15, 0.2) is 0 Å². The van der Waals surface area contributed by atoms with Gasteiger partial charge < -0.3 is 10.2 Å². The fraction of sp³-hybridized carbons (Fsp3) is 0.667. The summed E-state index contributed by atoms with van der Waals surface area (Å²) in [7, 11) is 2.11. The highest BCUT2D eigenvalue weighted by Crippen LogP contribution is 2.23. The van der Waals surface area contributed by atoms with Gasteiger partial charge in [0, 0.05) is 12.6 Å². The molecule has 0 radical (unpaired) electrons. The van der Waals surface area contributed by atoms with Crippen LogP contribution in [0.1, 0.15) is 42.4 Å². The molecule has 0 amide bonds. The molecule has 0 aromatic heterocycles.